The molecule has 29 heavy (non-hydrogen) atoms. The number of hydrogen-bond donors (Lipinski definition) is 0. The molecule has 0 N–H and O–H groups in total. The molecule has 0 atom stereocenters. The quantitative estimate of drug-likeness (QED) is 0.649. The van der Waals surface area contributed by atoms with Crippen LogP contribution in [-0.2, 0) is 10.0 Å². The normalized spacial score (nSPS) is 16.1. The van der Waals surface area contributed by atoms with Gasteiger partial charge < -0.3 is 14.4 Å². The molecule has 3 rings (SSSR count). The van der Waals surface area contributed by atoms with Crippen molar-refractivity contribution in [3.8, 4) is 17.2 Å². The molecule has 158 valence electrons. The van der Waals surface area contributed by atoms with Crippen molar-refractivity contribution >= 4 is 10.0 Å². The number of likely N-dealkylation sites (tertiary alicyclic amines) is 1. The molecule has 0 saturated carbocycles. The number of hydrogen-bond acceptors (Lipinski definition) is 5. The highest BCUT2D eigenvalue weighted by molar-refractivity contribution is 7.89. The Morgan fingerprint density at radius 2 is 1.45 bits per heavy atom. The topological polar surface area (TPSA) is 59.1 Å². The number of piperidine rings is 1. The van der Waals surface area contributed by atoms with Gasteiger partial charge in [-0.1, -0.05) is 6.92 Å². The lowest BCUT2D eigenvalue weighted by atomic mass is 10.1. The molecule has 1 aliphatic heterocycles. The Hall–Kier alpha value is -2.09. The first kappa shape index (κ1) is 21.6. The van der Waals surface area contributed by atoms with Crippen molar-refractivity contribution in [1.29, 1.82) is 0 Å². The minimum atomic E-state index is -3.52. The molecule has 6 nitrogen and oxygen atoms in total. The second-order valence-corrected chi connectivity index (χ2v) is 9.16. The van der Waals surface area contributed by atoms with Crippen molar-refractivity contribution < 1.29 is 17.9 Å². The first-order valence-corrected chi connectivity index (χ1v) is 11.6. The fourth-order valence-electron chi connectivity index (χ4n) is 3.55. The van der Waals surface area contributed by atoms with E-state index in [0.29, 0.717) is 18.1 Å². The lowest BCUT2D eigenvalue weighted by Crippen LogP contribution is -2.45. The van der Waals surface area contributed by atoms with E-state index in [4.69, 9.17) is 9.47 Å². The SMILES string of the molecule is CCOc1ccc(Oc2ccc(S(=O)(=O)N(C)C3CCN(CC)CC3)cc2)cc1. The Morgan fingerprint density at radius 1 is 0.931 bits per heavy atom. The third-order valence-corrected chi connectivity index (χ3v) is 7.31. The Morgan fingerprint density at radius 3 is 1.97 bits per heavy atom. The van der Waals surface area contributed by atoms with E-state index >= 15 is 0 Å². The molecule has 0 aliphatic carbocycles. The van der Waals surface area contributed by atoms with Crippen molar-refractivity contribution in [2.75, 3.05) is 33.3 Å². The van der Waals surface area contributed by atoms with Gasteiger partial charge in [0.25, 0.3) is 0 Å². The van der Waals surface area contributed by atoms with Gasteiger partial charge in [0.15, 0.2) is 0 Å². The van der Waals surface area contributed by atoms with E-state index in [9.17, 15) is 8.42 Å². The molecule has 0 aromatic heterocycles. The predicted molar refractivity (Wildman–Crippen MR) is 114 cm³/mol. The summed E-state index contributed by atoms with van der Waals surface area (Å²) in [5, 5.41) is 0. The molecule has 0 unspecified atom stereocenters. The van der Waals surface area contributed by atoms with Crippen LogP contribution in [0.4, 0.5) is 0 Å². The first-order valence-electron chi connectivity index (χ1n) is 10.1. The third-order valence-electron chi connectivity index (χ3n) is 5.39. The summed E-state index contributed by atoms with van der Waals surface area (Å²) < 4.78 is 38.8. The van der Waals surface area contributed by atoms with Gasteiger partial charge in [0, 0.05) is 13.1 Å². The smallest absolute Gasteiger partial charge is 0.243 e. The maximum absolute atomic E-state index is 13.0. The standard InChI is InChI=1S/C22H30N2O4S/c1-4-24-16-14-18(15-17-24)23(3)29(25,26)22-12-10-21(11-13-22)28-20-8-6-19(7-9-20)27-5-2/h6-13,18H,4-5,14-17H2,1-3H3. The van der Waals surface area contributed by atoms with Crippen LogP contribution in [0.2, 0.25) is 0 Å². The first-order chi connectivity index (χ1) is 13.9. The van der Waals surface area contributed by atoms with E-state index in [1.807, 2.05) is 31.2 Å². The molecular formula is C22H30N2O4S. The van der Waals surface area contributed by atoms with Gasteiger partial charge in [0.2, 0.25) is 10.0 Å². The van der Waals surface area contributed by atoms with Gasteiger partial charge in [-0.3, -0.25) is 0 Å². The molecule has 0 radical (unpaired) electrons. The highest BCUT2D eigenvalue weighted by atomic mass is 32.2. The molecule has 2 aromatic carbocycles. The highest BCUT2D eigenvalue weighted by Gasteiger charge is 2.30. The van der Waals surface area contributed by atoms with Crippen LogP contribution in [0.1, 0.15) is 26.7 Å². The highest BCUT2D eigenvalue weighted by Crippen LogP contribution is 2.27. The molecule has 7 heteroatoms. The molecular weight excluding hydrogens is 388 g/mol. The summed E-state index contributed by atoms with van der Waals surface area (Å²) in [6, 6.07) is 14.0. The summed E-state index contributed by atoms with van der Waals surface area (Å²) in [6.07, 6.45) is 1.73. The molecule has 1 saturated heterocycles. The predicted octanol–water partition coefficient (Wildman–Crippen LogP) is 3.98. The van der Waals surface area contributed by atoms with Crippen molar-refractivity contribution in [2.45, 2.75) is 37.6 Å². The van der Waals surface area contributed by atoms with E-state index in [1.165, 1.54) is 4.31 Å². The number of rotatable bonds is 8. The maximum atomic E-state index is 13.0. The lowest BCUT2D eigenvalue weighted by molar-refractivity contribution is 0.176. The summed E-state index contributed by atoms with van der Waals surface area (Å²) in [4.78, 5) is 2.64. The maximum Gasteiger partial charge on any atom is 0.243 e. The fraction of sp³-hybridized carbons (Fsp3) is 0.455. The van der Waals surface area contributed by atoms with Crippen LogP contribution < -0.4 is 9.47 Å². The van der Waals surface area contributed by atoms with Crippen LogP contribution in [0.25, 0.3) is 0 Å². The number of nitrogens with zero attached hydrogens (tertiary/aromatic N) is 2. The van der Waals surface area contributed by atoms with Gasteiger partial charge in [-0.05, 0) is 87.9 Å². The van der Waals surface area contributed by atoms with Crippen LogP contribution >= 0.6 is 0 Å². The second kappa shape index (κ2) is 9.61. The van der Waals surface area contributed by atoms with E-state index in [2.05, 4.69) is 11.8 Å². The molecule has 1 heterocycles. The lowest BCUT2D eigenvalue weighted by Gasteiger charge is -2.35. The van der Waals surface area contributed by atoms with Crippen LogP contribution in [0.3, 0.4) is 0 Å². The summed E-state index contributed by atoms with van der Waals surface area (Å²) in [6.45, 7) is 7.58. The Bertz CT molecular complexity index is 874. The van der Waals surface area contributed by atoms with E-state index < -0.39 is 10.0 Å². The number of sulfonamides is 1. The summed E-state index contributed by atoms with van der Waals surface area (Å²) in [5.41, 5.74) is 0. The Kier molecular flexibility index (Phi) is 7.16. The summed E-state index contributed by atoms with van der Waals surface area (Å²) in [7, 11) is -1.84. The summed E-state index contributed by atoms with van der Waals surface area (Å²) >= 11 is 0. The number of benzene rings is 2. The average molecular weight is 419 g/mol. The Balaban J connectivity index is 1.65. The van der Waals surface area contributed by atoms with Crippen molar-refractivity contribution in [3.63, 3.8) is 0 Å². The largest absolute Gasteiger partial charge is 0.494 e. The van der Waals surface area contributed by atoms with Gasteiger partial charge in [0.1, 0.15) is 17.2 Å². The zero-order valence-electron chi connectivity index (χ0n) is 17.4. The van der Waals surface area contributed by atoms with E-state index in [-0.39, 0.29) is 10.9 Å². The summed E-state index contributed by atoms with van der Waals surface area (Å²) in [5.74, 6) is 2.05. The molecule has 0 amide bonds. The monoisotopic (exact) mass is 418 g/mol. The van der Waals surface area contributed by atoms with Crippen LogP contribution in [-0.4, -0.2) is 57.0 Å². The minimum Gasteiger partial charge on any atom is -0.494 e. The molecule has 0 spiro atoms. The van der Waals surface area contributed by atoms with Crippen LogP contribution in [0.5, 0.6) is 17.2 Å². The van der Waals surface area contributed by atoms with Gasteiger partial charge in [0.05, 0.1) is 11.5 Å². The van der Waals surface area contributed by atoms with E-state index in [0.717, 1.165) is 38.2 Å². The van der Waals surface area contributed by atoms with Gasteiger partial charge in [-0.2, -0.15) is 4.31 Å². The van der Waals surface area contributed by atoms with Crippen molar-refractivity contribution in [1.82, 2.24) is 9.21 Å². The second-order valence-electron chi connectivity index (χ2n) is 7.16. The van der Waals surface area contributed by atoms with Gasteiger partial charge >= 0.3 is 0 Å². The fourth-order valence-corrected chi connectivity index (χ4v) is 4.96. The zero-order chi connectivity index (χ0) is 20.9. The van der Waals surface area contributed by atoms with E-state index in [1.54, 1.807) is 31.3 Å². The third kappa shape index (κ3) is 5.29. The average Bonchev–Trinajstić information content (AvgIpc) is 2.75. The van der Waals surface area contributed by atoms with Crippen LogP contribution in [0, 0.1) is 0 Å². The van der Waals surface area contributed by atoms with Crippen molar-refractivity contribution in [2.24, 2.45) is 0 Å². The van der Waals surface area contributed by atoms with Gasteiger partial charge in [-0.15, -0.1) is 0 Å². The Labute approximate surface area is 174 Å². The molecule has 1 aliphatic rings. The van der Waals surface area contributed by atoms with Crippen molar-refractivity contribution in [3.05, 3.63) is 48.5 Å². The number of ether oxygens (including phenoxy) is 2. The molecule has 1 fully saturated rings. The zero-order valence-corrected chi connectivity index (χ0v) is 18.2. The molecule has 2 aromatic rings. The van der Waals surface area contributed by atoms with Crippen LogP contribution in [0.15, 0.2) is 53.4 Å². The van der Waals surface area contributed by atoms with Gasteiger partial charge in [-0.25, -0.2) is 8.42 Å². The minimum absolute atomic E-state index is 0.0441. The molecule has 0 bridgehead atoms.